The van der Waals surface area contributed by atoms with E-state index in [9.17, 15) is 9.18 Å². The van der Waals surface area contributed by atoms with Gasteiger partial charge in [-0.2, -0.15) is 0 Å². The third-order valence-electron chi connectivity index (χ3n) is 2.73. The molecule has 0 aliphatic rings. The van der Waals surface area contributed by atoms with Crippen molar-refractivity contribution in [1.29, 1.82) is 0 Å². The van der Waals surface area contributed by atoms with Gasteiger partial charge in [0.2, 0.25) is 5.91 Å². The summed E-state index contributed by atoms with van der Waals surface area (Å²) >= 11 is 2.22. The first-order valence-corrected chi connectivity index (χ1v) is 7.22. The second kappa shape index (κ2) is 7.23. The molecule has 0 aromatic heterocycles. The fourth-order valence-corrected chi connectivity index (χ4v) is 2.01. The molecule has 0 unspecified atom stereocenters. The second-order valence-electron chi connectivity index (χ2n) is 4.23. The van der Waals surface area contributed by atoms with Crippen molar-refractivity contribution in [2.24, 2.45) is 0 Å². The number of carbonyl (C=O) groups excluding carboxylic acids is 1. The van der Waals surface area contributed by atoms with Crippen LogP contribution in [0.4, 0.5) is 10.1 Å². The van der Waals surface area contributed by atoms with Crippen LogP contribution in [0.2, 0.25) is 0 Å². The van der Waals surface area contributed by atoms with Gasteiger partial charge in [0.15, 0.2) is 0 Å². The Morgan fingerprint density at radius 1 is 1.10 bits per heavy atom. The highest BCUT2D eigenvalue weighted by atomic mass is 127. The van der Waals surface area contributed by atoms with Gasteiger partial charge >= 0.3 is 0 Å². The fraction of sp³-hybridized carbons (Fsp3) is 0.133. The van der Waals surface area contributed by atoms with Crippen LogP contribution in [0, 0.1) is 9.39 Å². The van der Waals surface area contributed by atoms with E-state index in [1.165, 1.54) is 6.07 Å². The third-order valence-corrected chi connectivity index (χ3v) is 3.45. The van der Waals surface area contributed by atoms with E-state index in [0.29, 0.717) is 5.56 Å². The Hall–Kier alpha value is -1.63. The molecule has 0 bridgehead atoms. The highest BCUT2D eigenvalue weighted by Gasteiger charge is 2.04. The Balaban J connectivity index is 1.78. The summed E-state index contributed by atoms with van der Waals surface area (Å²) in [6.07, 6.45) is 0. The van der Waals surface area contributed by atoms with Gasteiger partial charge in [-0.25, -0.2) is 4.39 Å². The molecule has 5 heteroatoms. The van der Waals surface area contributed by atoms with E-state index in [-0.39, 0.29) is 24.8 Å². The van der Waals surface area contributed by atoms with Gasteiger partial charge in [-0.15, -0.1) is 0 Å². The van der Waals surface area contributed by atoms with E-state index in [1.807, 2.05) is 24.3 Å². The lowest BCUT2D eigenvalue weighted by atomic mass is 10.2. The van der Waals surface area contributed by atoms with Gasteiger partial charge in [-0.1, -0.05) is 18.2 Å². The summed E-state index contributed by atoms with van der Waals surface area (Å²) in [4.78, 5) is 11.7. The normalized spacial score (nSPS) is 10.1. The van der Waals surface area contributed by atoms with Gasteiger partial charge in [0.25, 0.3) is 0 Å². The van der Waals surface area contributed by atoms with E-state index >= 15 is 0 Å². The first-order chi connectivity index (χ1) is 9.65. The van der Waals surface area contributed by atoms with Crippen molar-refractivity contribution < 1.29 is 9.18 Å². The van der Waals surface area contributed by atoms with Crippen LogP contribution in [0.5, 0.6) is 0 Å². The van der Waals surface area contributed by atoms with Crippen LogP contribution in [-0.4, -0.2) is 12.5 Å². The molecule has 0 saturated heterocycles. The summed E-state index contributed by atoms with van der Waals surface area (Å²) in [5, 5.41) is 5.69. The molecule has 0 aliphatic carbocycles. The molecule has 0 spiro atoms. The van der Waals surface area contributed by atoms with Crippen LogP contribution in [0.25, 0.3) is 0 Å². The van der Waals surface area contributed by atoms with E-state index in [1.54, 1.807) is 18.2 Å². The third kappa shape index (κ3) is 4.48. The number of amides is 1. The van der Waals surface area contributed by atoms with Crippen LogP contribution in [0.1, 0.15) is 5.56 Å². The topological polar surface area (TPSA) is 41.1 Å². The van der Waals surface area contributed by atoms with Crippen LogP contribution < -0.4 is 10.6 Å². The molecule has 0 atom stereocenters. The predicted octanol–water partition coefficient (Wildman–Crippen LogP) is 3.16. The summed E-state index contributed by atoms with van der Waals surface area (Å²) < 4.78 is 14.5. The van der Waals surface area contributed by atoms with Crippen LogP contribution in [-0.2, 0) is 11.3 Å². The summed E-state index contributed by atoms with van der Waals surface area (Å²) in [5.74, 6) is -0.481. The number of nitrogens with one attached hydrogen (secondary N) is 2. The Kier molecular flexibility index (Phi) is 5.34. The average Bonchev–Trinajstić information content (AvgIpc) is 2.46. The molecule has 0 heterocycles. The first kappa shape index (κ1) is 14.8. The predicted molar refractivity (Wildman–Crippen MR) is 85.9 cm³/mol. The molecule has 0 saturated carbocycles. The SMILES string of the molecule is O=C(CNc1ccc(I)cc1)NCc1ccccc1F. The molecular weight excluding hydrogens is 370 g/mol. The highest BCUT2D eigenvalue weighted by Crippen LogP contribution is 2.10. The molecule has 20 heavy (non-hydrogen) atoms. The standard InChI is InChI=1S/C15H14FIN2O/c16-14-4-2-1-3-11(14)9-19-15(20)10-18-13-7-5-12(17)6-8-13/h1-8,18H,9-10H2,(H,19,20). The van der Waals surface area contributed by atoms with Crippen molar-refractivity contribution in [2.45, 2.75) is 6.54 Å². The number of hydrogen-bond acceptors (Lipinski definition) is 2. The minimum absolute atomic E-state index is 0.162. The molecule has 2 rings (SSSR count). The maximum Gasteiger partial charge on any atom is 0.239 e. The lowest BCUT2D eigenvalue weighted by Gasteiger charge is -2.08. The first-order valence-electron chi connectivity index (χ1n) is 6.15. The molecule has 2 N–H and O–H groups in total. The molecule has 1 amide bonds. The van der Waals surface area contributed by atoms with Gasteiger partial charge in [-0.05, 0) is 52.9 Å². The van der Waals surface area contributed by atoms with E-state index in [4.69, 9.17) is 0 Å². The van der Waals surface area contributed by atoms with Crippen LogP contribution in [0.15, 0.2) is 48.5 Å². The van der Waals surface area contributed by atoms with Gasteiger partial charge < -0.3 is 10.6 Å². The van der Waals surface area contributed by atoms with Crippen molar-refractivity contribution in [3.05, 3.63) is 63.5 Å². The lowest BCUT2D eigenvalue weighted by molar-refractivity contribution is -0.119. The minimum atomic E-state index is -0.307. The lowest BCUT2D eigenvalue weighted by Crippen LogP contribution is -2.29. The molecule has 0 aliphatic heterocycles. The van der Waals surface area contributed by atoms with E-state index in [2.05, 4.69) is 33.2 Å². The van der Waals surface area contributed by atoms with Crippen molar-refractivity contribution in [1.82, 2.24) is 5.32 Å². The maximum atomic E-state index is 13.4. The van der Waals surface area contributed by atoms with Gasteiger partial charge in [-0.3, -0.25) is 4.79 Å². The summed E-state index contributed by atoms with van der Waals surface area (Å²) in [7, 11) is 0. The van der Waals surface area contributed by atoms with E-state index < -0.39 is 0 Å². The van der Waals surface area contributed by atoms with Crippen molar-refractivity contribution in [2.75, 3.05) is 11.9 Å². The molecule has 2 aromatic rings. The summed E-state index contributed by atoms with van der Waals surface area (Å²) in [5.41, 5.74) is 1.36. The summed E-state index contributed by atoms with van der Waals surface area (Å²) in [6.45, 7) is 0.356. The largest absolute Gasteiger partial charge is 0.376 e. The quantitative estimate of drug-likeness (QED) is 0.778. The van der Waals surface area contributed by atoms with Gasteiger partial charge in [0.1, 0.15) is 5.82 Å². The second-order valence-corrected chi connectivity index (χ2v) is 5.47. The zero-order valence-corrected chi connectivity index (χ0v) is 12.9. The Labute approximate surface area is 130 Å². The molecule has 0 fully saturated rings. The number of hydrogen-bond donors (Lipinski definition) is 2. The number of anilines is 1. The van der Waals surface area contributed by atoms with Crippen LogP contribution in [0.3, 0.4) is 0 Å². The average molecular weight is 384 g/mol. The number of carbonyl (C=O) groups is 1. The fourth-order valence-electron chi connectivity index (χ4n) is 1.65. The molecule has 2 aromatic carbocycles. The molecule has 0 radical (unpaired) electrons. The Morgan fingerprint density at radius 3 is 2.50 bits per heavy atom. The van der Waals surface area contributed by atoms with Crippen molar-refractivity contribution in [3.63, 3.8) is 0 Å². The van der Waals surface area contributed by atoms with Crippen molar-refractivity contribution >= 4 is 34.2 Å². The van der Waals surface area contributed by atoms with Gasteiger partial charge in [0, 0.05) is 21.4 Å². The number of halogens is 2. The zero-order valence-electron chi connectivity index (χ0n) is 10.7. The zero-order chi connectivity index (χ0) is 14.4. The molecular formula is C15H14FIN2O. The summed E-state index contributed by atoms with van der Waals surface area (Å²) in [6, 6.07) is 14.1. The highest BCUT2D eigenvalue weighted by molar-refractivity contribution is 14.1. The van der Waals surface area contributed by atoms with Crippen molar-refractivity contribution in [3.8, 4) is 0 Å². The smallest absolute Gasteiger partial charge is 0.239 e. The number of benzene rings is 2. The van der Waals surface area contributed by atoms with Gasteiger partial charge in [0.05, 0.1) is 6.54 Å². The monoisotopic (exact) mass is 384 g/mol. The molecule has 3 nitrogen and oxygen atoms in total. The van der Waals surface area contributed by atoms with Crippen LogP contribution >= 0.6 is 22.6 Å². The molecule has 104 valence electrons. The minimum Gasteiger partial charge on any atom is -0.376 e. The van der Waals surface area contributed by atoms with E-state index in [0.717, 1.165) is 9.26 Å². The Bertz CT molecular complexity index is 587. The maximum absolute atomic E-state index is 13.4. The number of rotatable bonds is 5. The Morgan fingerprint density at radius 2 is 1.80 bits per heavy atom.